The predicted octanol–water partition coefficient (Wildman–Crippen LogP) is 1.92. The van der Waals surface area contributed by atoms with Crippen molar-refractivity contribution < 1.29 is 14.4 Å². The van der Waals surface area contributed by atoms with Crippen molar-refractivity contribution in [3.8, 4) is 5.82 Å². The molecule has 2 aromatic rings. The number of rotatable bonds is 2. The third-order valence-corrected chi connectivity index (χ3v) is 4.29. The minimum Gasteiger partial charge on any atom is -0.303 e. The molecule has 3 rings (SSSR count). The lowest BCUT2D eigenvalue weighted by molar-refractivity contribution is -0.134. The highest BCUT2D eigenvalue weighted by atomic mass is 16.2. The van der Waals surface area contributed by atoms with Crippen LogP contribution >= 0.6 is 0 Å². The van der Waals surface area contributed by atoms with E-state index >= 15 is 0 Å². The van der Waals surface area contributed by atoms with Gasteiger partial charge in [-0.1, -0.05) is 6.07 Å². The van der Waals surface area contributed by atoms with Crippen LogP contribution in [0.25, 0.3) is 11.9 Å². The van der Waals surface area contributed by atoms with E-state index in [1.54, 1.807) is 6.20 Å². The quantitative estimate of drug-likeness (QED) is 0.619. The fourth-order valence-electron chi connectivity index (χ4n) is 2.90. The Kier molecular flexibility index (Phi) is 4.00. The van der Waals surface area contributed by atoms with E-state index in [4.69, 9.17) is 0 Å². The molecule has 0 aromatic carbocycles. The number of amides is 4. The average molecular weight is 338 g/mol. The summed E-state index contributed by atoms with van der Waals surface area (Å²) in [6.45, 7) is 3.82. The van der Waals surface area contributed by atoms with Gasteiger partial charge in [0, 0.05) is 31.7 Å². The Morgan fingerprint density at radius 2 is 1.64 bits per heavy atom. The molecular weight excluding hydrogens is 320 g/mol. The maximum atomic E-state index is 12.3. The lowest BCUT2D eigenvalue weighted by Crippen LogP contribution is -2.52. The number of imide groups is 2. The Bertz CT molecular complexity index is 886. The fourth-order valence-corrected chi connectivity index (χ4v) is 2.90. The van der Waals surface area contributed by atoms with E-state index in [0.29, 0.717) is 0 Å². The van der Waals surface area contributed by atoms with Gasteiger partial charge in [0.15, 0.2) is 0 Å². The first-order chi connectivity index (χ1) is 11.8. The zero-order valence-corrected chi connectivity index (χ0v) is 14.5. The third kappa shape index (κ3) is 2.63. The maximum Gasteiger partial charge on any atom is 0.333 e. The summed E-state index contributed by atoms with van der Waals surface area (Å²) in [6, 6.07) is 6.86. The van der Waals surface area contributed by atoms with Gasteiger partial charge in [0.2, 0.25) is 0 Å². The Hall–Kier alpha value is -3.22. The Morgan fingerprint density at radius 1 is 1.00 bits per heavy atom. The van der Waals surface area contributed by atoms with Crippen molar-refractivity contribution in [1.82, 2.24) is 19.4 Å². The van der Waals surface area contributed by atoms with Gasteiger partial charge in [-0.3, -0.25) is 19.4 Å². The van der Waals surface area contributed by atoms with Crippen LogP contribution in [-0.2, 0) is 9.59 Å². The molecule has 0 aliphatic carbocycles. The van der Waals surface area contributed by atoms with Crippen LogP contribution < -0.4 is 0 Å². The first-order valence-corrected chi connectivity index (χ1v) is 7.75. The van der Waals surface area contributed by atoms with Gasteiger partial charge in [-0.05, 0) is 43.7 Å². The summed E-state index contributed by atoms with van der Waals surface area (Å²) in [6.07, 6.45) is 3.24. The van der Waals surface area contributed by atoms with E-state index in [9.17, 15) is 14.4 Å². The number of barbiturate groups is 1. The normalized spacial score (nSPS) is 15.2. The van der Waals surface area contributed by atoms with Gasteiger partial charge in [0.25, 0.3) is 11.8 Å². The van der Waals surface area contributed by atoms with Crippen molar-refractivity contribution in [1.29, 1.82) is 0 Å². The topological polar surface area (TPSA) is 75.5 Å². The molecule has 7 nitrogen and oxygen atoms in total. The van der Waals surface area contributed by atoms with Crippen molar-refractivity contribution in [2.24, 2.45) is 0 Å². The second-order valence-electron chi connectivity index (χ2n) is 5.92. The molecule has 0 spiro atoms. The van der Waals surface area contributed by atoms with E-state index in [1.807, 2.05) is 42.7 Å². The SMILES string of the molecule is Cc1cc(C=C2C(=O)N(C)C(=O)N(C)C2=O)c(C)n1-c1ccccn1. The largest absolute Gasteiger partial charge is 0.333 e. The molecule has 0 bridgehead atoms. The van der Waals surface area contributed by atoms with Crippen LogP contribution in [0.1, 0.15) is 17.0 Å². The molecule has 128 valence electrons. The molecule has 1 saturated heterocycles. The fraction of sp³-hybridized carbons (Fsp3) is 0.222. The molecule has 1 fully saturated rings. The number of likely N-dealkylation sites (N-methyl/N-ethyl adjacent to an activating group) is 2. The van der Waals surface area contributed by atoms with E-state index in [2.05, 4.69) is 4.98 Å². The van der Waals surface area contributed by atoms with Crippen molar-refractivity contribution in [3.05, 3.63) is 53.0 Å². The number of nitrogens with zero attached hydrogens (tertiary/aromatic N) is 4. The van der Waals surface area contributed by atoms with Crippen LogP contribution in [0.4, 0.5) is 4.79 Å². The number of aryl methyl sites for hydroxylation is 1. The molecule has 25 heavy (non-hydrogen) atoms. The lowest BCUT2D eigenvalue weighted by atomic mass is 10.1. The van der Waals surface area contributed by atoms with E-state index in [1.165, 1.54) is 20.2 Å². The average Bonchev–Trinajstić information content (AvgIpc) is 2.89. The summed E-state index contributed by atoms with van der Waals surface area (Å²) >= 11 is 0. The number of urea groups is 1. The summed E-state index contributed by atoms with van der Waals surface area (Å²) in [7, 11) is 2.72. The molecule has 7 heteroatoms. The molecule has 0 atom stereocenters. The van der Waals surface area contributed by atoms with Crippen molar-refractivity contribution in [3.63, 3.8) is 0 Å². The van der Waals surface area contributed by atoms with Crippen LogP contribution in [0.15, 0.2) is 36.0 Å². The highest BCUT2D eigenvalue weighted by Gasteiger charge is 2.37. The molecule has 1 aliphatic heterocycles. The van der Waals surface area contributed by atoms with E-state index < -0.39 is 17.8 Å². The van der Waals surface area contributed by atoms with Crippen molar-refractivity contribution in [2.75, 3.05) is 14.1 Å². The number of pyridine rings is 1. The lowest BCUT2D eigenvalue weighted by Gasteiger charge is -2.28. The van der Waals surface area contributed by atoms with Gasteiger partial charge in [-0.2, -0.15) is 0 Å². The Morgan fingerprint density at radius 3 is 2.20 bits per heavy atom. The highest BCUT2D eigenvalue weighted by Crippen LogP contribution is 2.24. The summed E-state index contributed by atoms with van der Waals surface area (Å²) in [5.74, 6) is -0.445. The van der Waals surface area contributed by atoms with Crippen molar-refractivity contribution >= 4 is 23.9 Å². The summed E-state index contributed by atoms with van der Waals surface area (Å²) < 4.78 is 1.95. The molecule has 1 aliphatic rings. The number of hydrogen-bond acceptors (Lipinski definition) is 4. The Balaban J connectivity index is 2.09. The standard InChI is InChI=1S/C18H18N4O3/c1-11-9-13(12(2)22(11)15-7-5-6-8-19-15)10-14-16(23)20(3)18(25)21(4)17(14)24/h5-10H,1-4H3. The van der Waals surface area contributed by atoms with Crippen molar-refractivity contribution in [2.45, 2.75) is 13.8 Å². The second kappa shape index (κ2) is 6.01. The first kappa shape index (κ1) is 16.6. The van der Waals surface area contributed by atoms with Crippen LogP contribution in [0.3, 0.4) is 0 Å². The molecule has 0 N–H and O–H groups in total. The molecular formula is C18H18N4O3. The van der Waals surface area contributed by atoms with Gasteiger partial charge in [-0.15, -0.1) is 0 Å². The van der Waals surface area contributed by atoms with Crippen LogP contribution in [-0.4, -0.2) is 51.3 Å². The van der Waals surface area contributed by atoms with Gasteiger partial charge in [-0.25, -0.2) is 9.78 Å². The molecule has 0 unspecified atom stereocenters. The molecule has 0 saturated carbocycles. The molecule has 0 radical (unpaired) electrons. The molecule has 3 heterocycles. The first-order valence-electron chi connectivity index (χ1n) is 7.75. The highest BCUT2D eigenvalue weighted by molar-refractivity contribution is 6.30. The van der Waals surface area contributed by atoms with Gasteiger partial charge >= 0.3 is 6.03 Å². The predicted molar refractivity (Wildman–Crippen MR) is 92.0 cm³/mol. The van der Waals surface area contributed by atoms with Gasteiger partial charge in [0.1, 0.15) is 11.4 Å². The number of aromatic nitrogens is 2. The number of carbonyl (C=O) groups excluding carboxylic acids is 3. The van der Waals surface area contributed by atoms with E-state index in [-0.39, 0.29) is 5.57 Å². The van der Waals surface area contributed by atoms with Crippen LogP contribution in [0.5, 0.6) is 0 Å². The molecule has 4 amide bonds. The monoisotopic (exact) mass is 338 g/mol. The maximum absolute atomic E-state index is 12.3. The minimum atomic E-state index is -0.633. The zero-order chi connectivity index (χ0) is 18.3. The van der Waals surface area contributed by atoms with Crippen LogP contribution in [0.2, 0.25) is 0 Å². The Labute approximate surface area is 145 Å². The minimum absolute atomic E-state index is 0.0362. The van der Waals surface area contributed by atoms with Crippen LogP contribution in [0, 0.1) is 13.8 Å². The van der Waals surface area contributed by atoms with Gasteiger partial charge in [0.05, 0.1) is 0 Å². The number of hydrogen-bond donors (Lipinski definition) is 0. The van der Waals surface area contributed by atoms with E-state index in [0.717, 1.165) is 32.6 Å². The molecule has 2 aromatic heterocycles. The zero-order valence-electron chi connectivity index (χ0n) is 14.5. The van der Waals surface area contributed by atoms with Gasteiger partial charge < -0.3 is 4.57 Å². The summed E-state index contributed by atoms with van der Waals surface area (Å²) in [4.78, 5) is 42.7. The smallest absolute Gasteiger partial charge is 0.303 e. The summed E-state index contributed by atoms with van der Waals surface area (Å²) in [5, 5.41) is 0. The number of carbonyl (C=O) groups is 3. The second-order valence-corrected chi connectivity index (χ2v) is 5.92. The summed E-state index contributed by atoms with van der Waals surface area (Å²) in [5.41, 5.74) is 2.48. The third-order valence-electron chi connectivity index (χ3n) is 4.29.